The van der Waals surface area contributed by atoms with E-state index in [-0.39, 0.29) is 0 Å². The first-order valence-corrected chi connectivity index (χ1v) is 6.10. The van der Waals surface area contributed by atoms with E-state index >= 15 is 0 Å². The summed E-state index contributed by atoms with van der Waals surface area (Å²) in [5, 5.41) is 4.31. The van der Waals surface area contributed by atoms with E-state index in [1.54, 1.807) is 0 Å². The Bertz CT molecular complexity index is 192. The molecule has 0 saturated carbocycles. The molecule has 1 rings (SSSR count). The van der Waals surface area contributed by atoms with Crippen LogP contribution in [0.1, 0.15) is 40.0 Å². The van der Waals surface area contributed by atoms with Gasteiger partial charge in [-0.25, -0.2) is 0 Å². The highest BCUT2D eigenvalue weighted by Crippen LogP contribution is 2.19. The minimum absolute atomic E-state index is 0.663. The van der Waals surface area contributed by atoms with Crippen LogP contribution in [0.25, 0.3) is 0 Å². The molecule has 3 heteroatoms. The summed E-state index contributed by atoms with van der Waals surface area (Å²) < 4.78 is 0. The van der Waals surface area contributed by atoms with Crippen LogP contribution in [-0.4, -0.2) is 29.1 Å². The highest BCUT2D eigenvalue weighted by molar-refractivity contribution is 7.80. The van der Waals surface area contributed by atoms with Gasteiger partial charge in [0.2, 0.25) is 0 Å². The molecule has 1 N–H and O–H groups in total. The highest BCUT2D eigenvalue weighted by Gasteiger charge is 2.24. The number of hydrogen-bond acceptors (Lipinski definition) is 1. The maximum atomic E-state index is 5.39. The molecule has 0 aromatic rings. The lowest BCUT2D eigenvalue weighted by Crippen LogP contribution is -2.43. The second-order valence-corrected chi connectivity index (χ2v) is 4.86. The van der Waals surface area contributed by atoms with Crippen LogP contribution in [0.2, 0.25) is 0 Å². The molecule has 2 nitrogen and oxygen atoms in total. The van der Waals surface area contributed by atoms with Crippen LogP contribution in [0.5, 0.6) is 0 Å². The zero-order valence-corrected chi connectivity index (χ0v) is 10.4. The van der Waals surface area contributed by atoms with Gasteiger partial charge < -0.3 is 10.2 Å². The monoisotopic (exact) mass is 214 g/mol. The van der Waals surface area contributed by atoms with Crippen molar-refractivity contribution in [3.63, 3.8) is 0 Å². The fraction of sp³-hybridized carbons (Fsp3) is 0.909. The lowest BCUT2D eigenvalue weighted by atomic mass is 10.2. The van der Waals surface area contributed by atoms with Crippen LogP contribution in [0.4, 0.5) is 0 Å². The lowest BCUT2D eigenvalue weighted by Gasteiger charge is -2.27. The van der Waals surface area contributed by atoms with Gasteiger partial charge in [-0.3, -0.25) is 0 Å². The summed E-state index contributed by atoms with van der Waals surface area (Å²) in [5.41, 5.74) is 0. The van der Waals surface area contributed by atoms with Crippen LogP contribution >= 0.6 is 12.2 Å². The first-order chi connectivity index (χ1) is 6.65. The van der Waals surface area contributed by atoms with Gasteiger partial charge in [0.05, 0.1) is 0 Å². The van der Waals surface area contributed by atoms with Crippen LogP contribution in [0.3, 0.4) is 0 Å². The number of nitrogens with one attached hydrogen (secondary N) is 1. The number of rotatable bonds is 3. The van der Waals surface area contributed by atoms with Crippen molar-refractivity contribution in [2.45, 2.75) is 46.1 Å². The van der Waals surface area contributed by atoms with Gasteiger partial charge in [-0.2, -0.15) is 0 Å². The van der Waals surface area contributed by atoms with Crippen molar-refractivity contribution < 1.29 is 0 Å². The summed E-state index contributed by atoms with van der Waals surface area (Å²) in [6, 6.07) is 0.683. The Morgan fingerprint density at radius 1 is 1.57 bits per heavy atom. The quantitative estimate of drug-likeness (QED) is 0.726. The van der Waals surface area contributed by atoms with Crippen LogP contribution in [0.15, 0.2) is 0 Å². The molecule has 82 valence electrons. The molecule has 1 atom stereocenters. The molecule has 1 heterocycles. The molecule has 1 unspecified atom stereocenters. The van der Waals surface area contributed by atoms with E-state index in [1.165, 1.54) is 19.3 Å². The molecule has 0 aliphatic carbocycles. The SMILES string of the molecule is CCC1CCCN1C(=S)NCC(C)C. The van der Waals surface area contributed by atoms with Crippen LogP contribution < -0.4 is 5.32 Å². The summed E-state index contributed by atoms with van der Waals surface area (Å²) in [4.78, 5) is 2.36. The van der Waals surface area contributed by atoms with Crippen molar-refractivity contribution in [1.82, 2.24) is 10.2 Å². The third-order valence-electron chi connectivity index (χ3n) is 2.77. The van der Waals surface area contributed by atoms with Crippen molar-refractivity contribution in [3.8, 4) is 0 Å². The van der Waals surface area contributed by atoms with Gasteiger partial charge in [0.15, 0.2) is 5.11 Å². The van der Waals surface area contributed by atoms with Crippen LogP contribution in [0, 0.1) is 5.92 Å². The molecule has 1 fully saturated rings. The summed E-state index contributed by atoms with van der Waals surface area (Å²) >= 11 is 5.39. The summed E-state index contributed by atoms with van der Waals surface area (Å²) in [6.45, 7) is 8.79. The summed E-state index contributed by atoms with van der Waals surface area (Å²) in [5.74, 6) is 0.663. The van der Waals surface area contributed by atoms with Gasteiger partial charge >= 0.3 is 0 Å². The van der Waals surface area contributed by atoms with Crippen molar-refractivity contribution in [2.24, 2.45) is 5.92 Å². The maximum Gasteiger partial charge on any atom is 0.169 e. The average Bonchev–Trinajstić information content (AvgIpc) is 2.61. The largest absolute Gasteiger partial charge is 0.362 e. The number of likely N-dealkylation sites (tertiary alicyclic amines) is 1. The Balaban J connectivity index is 2.35. The first kappa shape index (κ1) is 11.8. The molecular weight excluding hydrogens is 192 g/mol. The van der Waals surface area contributed by atoms with Crippen molar-refractivity contribution in [1.29, 1.82) is 0 Å². The molecule has 1 aliphatic rings. The van der Waals surface area contributed by atoms with E-state index in [0.29, 0.717) is 12.0 Å². The molecule has 0 spiro atoms. The van der Waals surface area contributed by atoms with Gasteiger partial charge in [-0.15, -0.1) is 0 Å². The van der Waals surface area contributed by atoms with Gasteiger partial charge in [0, 0.05) is 19.1 Å². The van der Waals surface area contributed by atoms with Crippen molar-refractivity contribution in [3.05, 3.63) is 0 Å². The Morgan fingerprint density at radius 3 is 2.86 bits per heavy atom. The minimum atomic E-state index is 0.663. The van der Waals surface area contributed by atoms with E-state index in [1.807, 2.05) is 0 Å². The minimum Gasteiger partial charge on any atom is -0.362 e. The molecule has 0 aromatic heterocycles. The fourth-order valence-corrected chi connectivity index (χ4v) is 2.24. The van der Waals surface area contributed by atoms with Crippen molar-refractivity contribution >= 4 is 17.3 Å². The van der Waals surface area contributed by atoms with E-state index in [4.69, 9.17) is 12.2 Å². The van der Waals surface area contributed by atoms with E-state index in [9.17, 15) is 0 Å². The van der Waals surface area contributed by atoms with Gasteiger partial charge in [-0.05, 0) is 37.4 Å². The Kier molecular flexibility index (Phi) is 4.66. The zero-order chi connectivity index (χ0) is 10.6. The predicted molar refractivity (Wildman–Crippen MR) is 65.5 cm³/mol. The van der Waals surface area contributed by atoms with Crippen molar-refractivity contribution in [2.75, 3.05) is 13.1 Å². The molecule has 14 heavy (non-hydrogen) atoms. The lowest BCUT2D eigenvalue weighted by molar-refractivity contribution is 0.371. The average molecular weight is 214 g/mol. The van der Waals surface area contributed by atoms with Gasteiger partial charge in [-0.1, -0.05) is 20.8 Å². The highest BCUT2D eigenvalue weighted by atomic mass is 32.1. The summed E-state index contributed by atoms with van der Waals surface area (Å²) in [6.07, 6.45) is 3.81. The molecule has 0 bridgehead atoms. The Hall–Kier alpha value is -0.310. The summed E-state index contributed by atoms with van der Waals surface area (Å²) in [7, 11) is 0. The van der Waals surface area contributed by atoms with E-state index in [0.717, 1.165) is 18.2 Å². The number of thiocarbonyl (C=S) groups is 1. The van der Waals surface area contributed by atoms with E-state index in [2.05, 4.69) is 31.0 Å². The van der Waals surface area contributed by atoms with Gasteiger partial charge in [0.1, 0.15) is 0 Å². The third-order valence-corrected chi connectivity index (χ3v) is 3.15. The number of nitrogens with zero attached hydrogens (tertiary/aromatic N) is 1. The number of hydrogen-bond donors (Lipinski definition) is 1. The molecule has 0 amide bonds. The predicted octanol–water partition coefficient (Wildman–Crippen LogP) is 2.39. The molecular formula is C11H22N2S. The van der Waals surface area contributed by atoms with E-state index < -0.39 is 0 Å². The Labute approximate surface area is 93.1 Å². The molecule has 1 aliphatic heterocycles. The second-order valence-electron chi connectivity index (χ2n) is 4.48. The maximum absolute atomic E-state index is 5.39. The Morgan fingerprint density at radius 2 is 2.29 bits per heavy atom. The normalized spacial score (nSPS) is 21.7. The third kappa shape index (κ3) is 3.12. The van der Waals surface area contributed by atoms with Crippen LogP contribution in [-0.2, 0) is 0 Å². The zero-order valence-electron chi connectivity index (χ0n) is 9.55. The fourth-order valence-electron chi connectivity index (χ4n) is 1.92. The second kappa shape index (κ2) is 5.54. The smallest absolute Gasteiger partial charge is 0.169 e. The first-order valence-electron chi connectivity index (χ1n) is 5.69. The molecule has 1 saturated heterocycles. The topological polar surface area (TPSA) is 15.3 Å². The van der Waals surface area contributed by atoms with Gasteiger partial charge in [0.25, 0.3) is 0 Å². The molecule has 0 radical (unpaired) electrons. The standard InChI is InChI=1S/C11H22N2S/c1-4-10-6-5-7-13(10)11(14)12-8-9(2)3/h9-10H,4-8H2,1-3H3,(H,12,14). The molecule has 0 aromatic carbocycles.